The van der Waals surface area contributed by atoms with Gasteiger partial charge in [-0.2, -0.15) is 0 Å². The fourth-order valence-electron chi connectivity index (χ4n) is 3.02. The van der Waals surface area contributed by atoms with E-state index in [0.717, 1.165) is 24.4 Å². The standard InChI is InChI=1S/C19H23N3O2/c1-14(22-12-11-15-5-3-4-6-18(15)22)13-20-19(23)21-16-7-9-17(24-2)10-8-16/h3-10,14H,11-13H2,1-2H3,(H2,20,21,23)/t14-/m0/s1. The molecule has 0 aliphatic carbocycles. The predicted octanol–water partition coefficient (Wildman–Crippen LogP) is 3.27. The molecule has 1 atom stereocenters. The van der Waals surface area contributed by atoms with Crippen LogP contribution in [0, 0.1) is 0 Å². The highest BCUT2D eigenvalue weighted by Crippen LogP contribution is 2.28. The van der Waals surface area contributed by atoms with E-state index in [-0.39, 0.29) is 12.1 Å². The molecule has 3 rings (SSSR count). The second kappa shape index (κ2) is 7.25. The highest BCUT2D eigenvalue weighted by Gasteiger charge is 2.22. The number of nitrogens with one attached hydrogen (secondary N) is 2. The second-order valence-corrected chi connectivity index (χ2v) is 5.98. The Hall–Kier alpha value is -2.69. The van der Waals surface area contributed by atoms with E-state index in [4.69, 9.17) is 4.74 Å². The van der Waals surface area contributed by atoms with Crippen molar-refractivity contribution in [2.75, 3.05) is 30.4 Å². The van der Waals surface area contributed by atoms with E-state index >= 15 is 0 Å². The van der Waals surface area contributed by atoms with Crippen molar-refractivity contribution in [1.82, 2.24) is 5.32 Å². The SMILES string of the molecule is COc1ccc(NC(=O)NC[C@H](C)N2CCc3ccccc32)cc1. The van der Waals surface area contributed by atoms with E-state index < -0.39 is 0 Å². The van der Waals surface area contributed by atoms with Gasteiger partial charge < -0.3 is 20.3 Å². The minimum absolute atomic E-state index is 0.195. The topological polar surface area (TPSA) is 53.6 Å². The van der Waals surface area contributed by atoms with Gasteiger partial charge in [-0.15, -0.1) is 0 Å². The first-order valence-electron chi connectivity index (χ1n) is 8.21. The normalized spacial score (nSPS) is 14.0. The first-order valence-corrected chi connectivity index (χ1v) is 8.21. The van der Waals surface area contributed by atoms with Gasteiger partial charge in [-0.05, 0) is 49.2 Å². The molecule has 0 radical (unpaired) electrons. The van der Waals surface area contributed by atoms with Gasteiger partial charge in [-0.3, -0.25) is 0 Å². The summed E-state index contributed by atoms with van der Waals surface area (Å²) in [6.07, 6.45) is 1.07. The maximum atomic E-state index is 12.1. The summed E-state index contributed by atoms with van der Waals surface area (Å²) in [5, 5.41) is 5.78. The van der Waals surface area contributed by atoms with Gasteiger partial charge in [0.1, 0.15) is 5.75 Å². The minimum atomic E-state index is -0.195. The molecule has 1 heterocycles. The monoisotopic (exact) mass is 325 g/mol. The number of anilines is 2. The number of urea groups is 1. The molecule has 2 aromatic rings. The summed E-state index contributed by atoms with van der Waals surface area (Å²) in [4.78, 5) is 14.4. The molecule has 0 spiro atoms. The van der Waals surface area contributed by atoms with E-state index in [1.165, 1.54) is 11.3 Å². The number of ether oxygens (including phenoxy) is 1. The first-order chi connectivity index (χ1) is 11.7. The smallest absolute Gasteiger partial charge is 0.319 e. The molecule has 2 amide bonds. The van der Waals surface area contributed by atoms with Crippen molar-refractivity contribution in [2.24, 2.45) is 0 Å². The Bertz CT molecular complexity index is 700. The van der Waals surface area contributed by atoms with Crippen LogP contribution in [0.3, 0.4) is 0 Å². The third-order valence-electron chi connectivity index (χ3n) is 4.36. The predicted molar refractivity (Wildman–Crippen MR) is 97.0 cm³/mol. The van der Waals surface area contributed by atoms with Crippen molar-refractivity contribution in [2.45, 2.75) is 19.4 Å². The summed E-state index contributed by atoms with van der Waals surface area (Å²) in [6, 6.07) is 15.8. The maximum absolute atomic E-state index is 12.1. The number of para-hydroxylation sites is 1. The number of methoxy groups -OCH3 is 1. The lowest BCUT2D eigenvalue weighted by molar-refractivity contribution is 0.251. The van der Waals surface area contributed by atoms with Gasteiger partial charge in [0.2, 0.25) is 0 Å². The number of fused-ring (bicyclic) bond motifs is 1. The number of benzene rings is 2. The van der Waals surface area contributed by atoms with Crippen molar-refractivity contribution in [1.29, 1.82) is 0 Å². The zero-order valence-corrected chi connectivity index (χ0v) is 14.1. The molecule has 126 valence electrons. The van der Waals surface area contributed by atoms with Crippen LogP contribution >= 0.6 is 0 Å². The molecule has 0 unspecified atom stereocenters. The van der Waals surface area contributed by atoms with Crippen molar-refractivity contribution < 1.29 is 9.53 Å². The van der Waals surface area contributed by atoms with Gasteiger partial charge in [0.25, 0.3) is 0 Å². The minimum Gasteiger partial charge on any atom is -0.497 e. The molecule has 0 aromatic heterocycles. The summed E-state index contributed by atoms with van der Waals surface area (Å²) in [7, 11) is 1.62. The Balaban J connectivity index is 1.51. The molecule has 0 saturated carbocycles. The molecule has 5 nitrogen and oxygen atoms in total. The Labute approximate surface area is 142 Å². The van der Waals surface area contributed by atoms with E-state index in [2.05, 4.69) is 46.7 Å². The van der Waals surface area contributed by atoms with Crippen molar-refractivity contribution in [3.8, 4) is 5.75 Å². The third kappa shape index (κ3) is 3.62. The van der Waals surface area contributed by atoms with Crippen LogP contribution in [0.25, 0.3) is 0 Å². The summed E-state index contributed by atoms with van der Waals surface area (Å²) in [6.45, 7) is 3.73. The number of amides is 2. The molecule has 5 heteroatoms. The Morgan fingerprint density at radius 2 is 1.96 bits per heavy atom. The van der Waals surface area contributed by atoms with Crippen LogP contribution in [-0.4, -0.2) is 32.3 Å². The number of hydrogen-bond donors (Lipinski definition) is 2. The number of rotatable bonds is 5. The maximum Gasteiger partial charge on any atom is 0.319 e. The summed E-state index contributed by atoms with van der Waals surface area (Å²) < 4.78 is 5.10. The summed E-state index contributed by atoms with van der Waals surface area (Å²) in [5.74, 6) is 0.766. The summed E-state index contributed by atoms with van der Waals surface area (Å²) in [5.41, 5.74) is 3.40. The largest absolute Gasteiger partial charge is 0.497 e. The Kier molecular flexibility index (Phi) is 4.89. The number of carbonyl (C=O) groups excluding carboxylic acids is 1. The highest BCUT2D eigenvalue weighted by atomic mass is 16.5. The average molecular weight is 325 g/mol. The van der Waals surface area contributed by atoms with Crippen LogP contribution in [0.4, 0.5) is 16.2 Å². The van der Waals surface area contributed by atoms with Gasteiger partial charge in [0, 0.05) is 30.5 Å². The molecule has 0 fully saturated rings. The molecule has 1 aliphatic rings. The molecule has 1 aliphatic heterocycles. The third-order valence-corrected chi connectivity index (χ3v) is 4.36. The van der Waals surface area contributed by atoms with E-state index in [1.54, 1.807) is 7.11 Å². The van der Waals surface area contributed by atoms with Crippen LogP contribution < -0.4 is 20.3 Å². The van der Waals surface area contributed by atoms with E-state index in [0.29, 0.717) is 6.54 Å². The van der Waals surface area contributed by atoms with Gasteiger partial charge in [-0.1, -0.05) is 18.2 Å². The molecule has 2 aromatic carbocycles. The molecular formula is C19H23N3O2. The molecular weight excluding hydrogens is 302 g/mol. The van der Waals surface area contributed by atoms with Gasteiger partial charge in [0.05, 0.1) is 7.11 Å². The number of nitrogens with zero attached hydrogens (tertiary/aromatic N) is 1. The van der Waals surface area contributed by atoms with Crippen molar-refractivity contribution in [3.05, 3.63) is 54.1 Å². The average Bonchev–Trinajstić information content (AvgIpc) is 3.04. The number of hydrogen-bond acceptors (Lipinski definition) is 3. The second-order valence-electron chi connectivity index (χ2n) is 5.98. The van der Waals surface area contributed by atoms with E-state index in [9.17, 15) is 4.79 Å². The first kappa shape index (κ1) is 16.2. The van der Waals surface area contributed by atoms with Crippen LogP contribution in [0.5, 0.6) is 5.75 Å². The van der Waals surface area contributed by atoms with Crippen LogP contribution in [0.15, 0.2) is 48.5 Å². The molecule has 0 saturated heterocycles. The quantitative estimate of drug-likeness (QED) is 0.887. The lowest BCUT2D eigenvalue weighted by Gasteiger charge is -2.27. The molecule has 0 bridgehead atoms. The van der Waals surface area contributed by atoms with Crippen LogP contribution in [0.1, 0.15) is 12.5 Å². The van der Waals surface area contributed by atoms with Gasteiger partial charge in [-0.25, -0.2) is 4.79 Å². The zero-order valence-electron chi connectivity index (χ0n) is 14.1. The Morgan fingerprint density at radius 3 is 2.71 bits per heavy atom. The number of carbonyl (C=O) groups is 1. The zero-order chi connectivity index (χ0) is 16.9. The highest BCUT2D eigenvalue weighted by molar-refractivity contribution is 5.89. The van der Waals surface area contributed by atoms with Crippen molar-refractivity contribution >= 4 is 17.4 Å². The fraction of sp³-hybridized carbons (Fsp3) is 0.316. The van der Waals surface area contributed by atoms with Gasteiger partial charge >= 0.3 is 6.03 Å². The Morgan fingerprint density at radius 1 is 1.21 bits per heavy atom. The van der Waals surface area contributed by atoms with Gasteiger partial charge in [0.15, 0.2) is 0 Å². The molecule has 2 N–H and O–H groups in total. The van der Waals surface area contributed by atoms with Crippen LogP contribution in [0.2, 0.25) is 0 Å². The molecule has 24 heavy (non-hydrogen) atoms. The lowest BCUT2D eigenvalue weighted by Crippen LogP contribution is -2.42. The van der Waals surface area contributed by atoms with Crippen LogP contribution in [-0.2, 0) is 6.42 Å². The lowest BCUT2D eigenvalue weighted by atomic mass is 10.2. The summed E-state index contributed by atoms with van der Waals surface area (Å²) >= 11 is 0. The van der Waals surface area contributed by atoms with Crippen molar-refractivity contribution in [3.63, 3.8) is 0 Å². The van der Waals surface area contributed by atoms with E-state index in [1.807, 2.05) is 24.3 Å². The fourth-order valence-corrected chi connectivity index (χ4v) is 3.02.